The zero-order valence-corrected chi connectivity index (χ0v) is 15.4. The lowest BCUT2D eigenvalue weighted by Gasteiger charge is -2.42. The summed E-state index contributed by atoms with van der Waals surface area (Å²) in [6, 6.07) is 5.90. The summed E-state index contributed by atoms with van der Waals surface area (Å²) >= 11 is 6.08. The van der Waals surface area contributed by atoms with E-state index < -0.39 is 5.97 Å². The molecule has 0 heterocycles. The largest absolute Gasteiger partial charge is 0.495 e. The predicted octanol–water partition coefficient (Wildman–Crippen LogP) is 2.33. The molecule has 1 aliphatic rings. The molecule has 0 radical (unpaired) electrons. The molecule has 7 heteroatoms. The molecule has 1 fully saturated rings. The Balaban J connectivity index is 1.71. The monoisotopic (exact) mass is 368 g/mol. The Morgan fingerprint density at radius 3 is 2.68 bits per heavy atom. The highest BCUT2D eigenvalue weighted by molar-refractivity contribution is 6.32. The molecule has 0 atom stereocenters. The van der Waals surface area contributed by atoms with Gasteiger partial charge in [-0.15, -0.1) is 0 Å². The maximum atomic E-state index is 12.1. The molecule has 1 aliphatic carbocycles. The van der Waals surface area contributed by atoms with Crippen molar-refractivity contribution in [3.05, 3.63) is 28.8 Å². The summed E-state index contributed by atoms with van der Waals surface area (Å²) in [5.41, 5.74) is 0.992. The molecular weight excluding hydrogens is 344 g/mol. The highest BCUT2D eigenvalue weighted by atomic mass is 35.5. The van der Waals surface area contributed by atoms with Crippen molar-refractivity contribution >= 4 is 23.5 Å². The van der Waals surface area contributed by atoms with Gasteiger partial charge < -0.3 is 15.2 Å². The number of ether oxygens (including phenoxy) is 1. The molecule has 0 unspecified atom stereocenters. The average Bonchev–Trinajstić information content (AvgIpc) is 2.54. The number of carbonyl (C=O) groups excluding carboxylic acids is 1. The molecule has 0 aromatic heterocycles. The van der Waals surface area contributed by atoms with Crippen molar-refractivity contribution in [1.82, 2.24) is 10.2 Å². The molecule has 0 bridgehead atoms. The third-order valence-corrected chi connectivity index (χ3v) is 4.89. The van der Waals surface area contributed by atoms with Gasteiger partial charge in [-0.05, 0) is 43.5 Å². The SMILES string of the molecule is CCN(CC(=O)O)C1CC(NC(=O)CCc2ccc(OC)c(Cl)c2)C1. The maximum Gasteiger partial charge on any atom is 0.317 e. The first-order valence-electron chi connectivity index (χ1n) is 8.50. The molecule has 138 valence electrons. The highest BCUT2D eigenvalue weighted by Crippen LogP contribution is 2.27. The number of hydrogen-bond acceptors (Lipinski definition) is 4. The van der Waals surface area contributed by atoms with Crippen molar-refractivity contribution in [1.29, 1.82) is 0 Å². The van der Waals surface area contributed by atoms with Crippen LogP contribution in [0.2, 0.25) is 5.02 Å². The van der Waals surface area contributed by atoms with Crippen LogP contribution in [0.5, 0.6) is 5.75 Å². The fourth-order valence-electron chi connectivity index (χ4n) is 3.10. The van der Waals surface area contributed by atoms with Gasteiger partial charge in [0.15, 0.2) is 0 Å². The van der Waals surface area contributed by atoms with Gasteiger partial charge in [-0.1, -0.05) is 24.6 Å². The van der Waals surface area contributed by atoms with Gasteiger partial charge in [0.05, 0.1) is 18.7 Å². The second-order valence-corrected chi connectivity index (χ2v) is 6.72. The number of carboxylic acids is 1. The second kappa shape index (κ2) is 9.06. The molecule has 2 N–H and O–H groups in total. The number of carbonyl (C=O) groups is 2. The Bertz CT molecular complexity index is 617. The van der Waals surface area contributed by atoms with Gasteiger partial charge in [0.25, 0.3) is 0 Å². The van der Waals surface area contributed by atoms with Gasteiger partial charge in [0, 0.05) is 18.5 Å². The first-order chi connectivity index (χ1) is 11.9. The van der Waals surface area contributed by atoms with Crippen molar-refractivity contribution in [2.24, 2.45) is 0 Å². The topological polar surface area (TPSA) is 78.9 Å². The van der Waals surface area contributed by atoms with Crippen molar-refractivity contribution in [2.75, 3.05) is 20.2 Å². The minimum absolute atomic E-state index is 0.0108. The summed E-state index contributed by atoms with van der Waals surface area (Å²) < 4.78 is 5.11. The Morgan fingerprint density at radius 2 is 2.12 bits per heavy atom. The van der Waals surface area contributed by atoms with Gasteiger partial charge in [0.2, 0.25) is 5.91 Å². The minimum atomic E-state index is -0.813. The van der Waals surface area contributed by atoms with E-state index in [9.17, 15) is 9.59 Å². The van der Waals surface area contributed by atoms with E-state index in [1.807, 2.05) is 24.0 Å². The number of likely N-dealkylation sites (N-methyl/N-ethyl adjacent to an activating group) is 1. The third-order valence-electron chi connectivity index (χ3n) is 4.60. The Hall–Kier alpha value is -1.79. The minimum Gasteiger partial charge on any atom is -0.495 e. The normalized spacial score (nSPS) is 19.4. The third kappa shape index (κ3) is 5.61. The van der Waals surface area contributed by atoms with E-state index in [0.717, 1.165) is 18.4 Å². The van der Waals surface area contributed by atoms with Crippen LogP contribution in [-0.2, 0) is 16.0 Å². The van der Waals surface area contributed by atoms with Gasteiger partial charge in [-0.25, -0.2) is 0 Å². The molecule has 1 saturated carbocycles. The number of halogens is 1. The highest BCUT2D eigenvalue weighted by Gasteiger charge is 2.34. The van der Waals surface area contributed by atoms with Crippen LogP contribution in [-0.4, -0.2) is 54.2 Å². The number of amides is 1. The zero-order valence-electron chi connectivity index (χ0n) is 14.6. The van der Waals surface area contributed by atoms with Crippen LogP contribution < -0.4 is 10.1 Å². The molecular formula is C18H25ClN2O4. The average molecular weight is 369 g/mol. The number of carboxylic acid groups (broad SMARTS) is 1. The number of hydrogen-bond donors (Lipinski definition) is 2. The summed E-state index contributed by atoms with van der Waals surface area (Å²) in [6.07, 6.45) is 2.63. The van der Waals surface area contributed by atoms with Gasteiger partial charge in [0.1, 0.15) is 5.75 Å². The Labute approximate surface area is 153 Å². The van der Waals surface area contributed by atoms with Gasteiger partial charge >= 0.3 is 5.97 Å². The molecule has 1 aromatic rings. The summed E-state index contributed by atoms with van der Waals surface area (Å²) in [7, 11) is 1.57. The number of rotatable bonds is 9. The summed E-state index contributed by atoms with van der Waals surface area (Å²) in [4.78, 5) is 24.8. The molecule has 0 aliphatic heterocycles. The van der Waals surface area contributed by atoms with E-state index in [0.29, 0.717) is 30.2 Å². The predicted molar refractivity (Wildman–Crippen MR) is 96.2 cm³/mol. The smallest absolute Gasteiger partial charge is 0.317 e. The molecule has 1 aromatic carbocycles. The number of methoxy groups -OCH3 is 1. The quantitative estimate of drug-likeness (QED) is 0.699. The lowest BCUT2D eigenvalue weighted by atomic mass is 9.85. The fraction of sp³-hybridized carbons (Fsp3) is 0.556. The van der Waals surface area contributed by atoms with E-state index in [1.54, 1.807) is 13.2 Å². The van der Waals surface area contributed by atoms with Crippen LogP contribution >= 0.6 is 11.6 Å². The van der Waals surface area contributed by atoms with Crippen LogP contribution in [0.25, 0.3) is 0 Å². The first kappa shape index (κ1) is 19.5. The first-order valence-corrected chi connectivity index (χ1v) is 8.88. The Kier molecular flexibility index (Phi) is 7.08. The summed E-state index contributed by atoms with van der Waals surface area (Å²) in [6.45, 7) is 2.71. The van der Waals surface area contributed by atoms with Crippen LogP contribution in [0.3, 0.4) is 0 Å². The van der Waals surface area contributed by atoms with Crippen molar-refractivity contribution < 1.29 is 19.4 Å². The van der Waals surface area contributed by atoms with Crippen LogP contribution in [0.15, 0.2) is 18.2 Å². The van der Waals surface area contributed by atoms with Crippen LogP contribution in [0.1, 0.15) is 31.7 Å². The number of aliphatic carboxylic acids is 1. The van der Waals surface area contributed by atoms with Crippen molar-refractivity contribution in [2.45, 2.75) is 44.7 Å². The standard InChI is InChI=1S/C18H25ClN2O4/c1-3-21(11-18(23)24)14-9-13(10-14)20-17(22)7-5-12-4-6-16(25-2)15(19)8-12/h4,6,8,13-14H,3,5,7,9-11H2,1-2H3,(H,20,22)(H,23,24). The zero-order chi connectivity index (χ0) is 18.4. The number of nitrogens with one attached hydrogen (secondary N) is 1. The summed E-state index contributed by atoms with van der Waals surface area (Å²) in [5, 5.41) is 12.5. The Morgan fingerprint density at radius 1 is 1.40 bits per heavy atom. The lowest BCUT2D eigenvalue weighted by Crippen LogP contribution is -2.54. The van der Waals surface area contributed by atoms with Gasteiger partial charge in [-0.2, -0.15) is 0 Å². The summed E-state index contributed by atoms with van der Waals surface area (Å²) in [5.74, 6) is -0.179. The fourth-order valence-corrected chi connectivity index (χ4v) is 3.38. The molecule has 25 heavy (non-hydrogen) atoms. The maximum absolute atomic E-state index is 12.1. The van der Waals surface area contributed by atoms with Crippen LogP contribution in [0, 0.1) is 0 Å². The van der Waals surface area contributed by atoms with Crippen molar-refractivity contribution in [3.8, 4) is 5.75 Å². The van der Waals surface area contributed by atoms with E-state index >= 15 is 0 Å². The molecule has 1 amide bonds. The van der Waals surface area contributed by atoms with E-state index in [1.165, 1.54) is 0 Å². The van der Waals surface area contributed by atoms with Crippen LogP contribution in [0.4, 0.5) is 0 Å². The van der Waals surface area contributed by atoms with E-state index in [4.69, 9.17) is 21.4 Å². The molecule has 2 rings (SSSR count). The van der Waals surface area contributed by atoms with Crippen molar-refractivity contribution in [3.63, 3.8) is 0 Å². The van der Waals surface area contributed by atoms with Gasteiger partial charge in [-0.3, -0.25) is 14.5 Å². The lowest BCUT2D eigenvalue weighted by molar-refractivity contribution is -0.139. The molecule has 0 saturated heterocycles. The molecule has 6 nitrogen and oxygen atoms in total. The molecule has 0 spiro atoms. The van der Waals surface area contributed by atoms with E-state index in [-0.39, 0.29) is 24.5 Å². The number of benzene rings is 1. The van der Waals surface area contributed by atoms with E-state index in [2.05, 4.69) is 5.32 Å². The number of aryl methyl sites for hydroxylation is 1. The second-order valence-electron chi connectivity index (χ2n) is 6.32. The number of nitrogens with zero attached hydrogens (tertiary/aromatic N) is 1.